The first kappa shape index (κ1) is 15.0. The van der Waals surface area contributed by atoms with Gasteiger partial charge < -0.3 is 5.32 Å². The Bertz CT molecular complexity index is 178. The fraction of sp³-hybridized carbons (Fsp3) is 1.00. The van der Waals surface area contributed by atoms with Gasteiger partial charge in [-0.25, -0.2) is 0 Å². The molecule has 0 aliphatic rings. The predicted molar refractivity (Wildman–Crippen MR) is 70.2 cm³/mol. The minimum atomic E-state index is 0.253. The summed E-state index contributed by atoms with van der Waals surface area (Å²) in [6.45, 7) is 19.5. The molecule has 0 aliphatic carbocycles. The van der Waals surface area contributed by atoms with Gasteiger partial charge in [0.15, 0.2) is 0 Å². The Kier molecular flexibility index (Phi) is 4.85. The molecule has 0 saturated carbocycles. The van der Waals surface area contributed by atoms with Crippen LogP contribution >= 0.6 is 0 Å². The molecule has 0 rings (SSSR count). The minimum Gasteiger partial charge on any atom is -0.312 e. The molecule has 1 N–H and O–H groups in total. The summed E-state index contributed by atoms with van der Waals surface area (Å²) >= 11 is 0. The maximum atomic E-state index is 3.67. The average molecular weight is 213 g/mol. The number of hydrogen-bond acceptors (Lipinski definition) is 1. The highest BCUT2D eigenvalue weighted by Crippen LogP contribution is 2.27. The van der Waals surface area contributed by atoms with Crippen LogP contribution in [0.3, 0.4) is 0 Å². The van der Waals surface area contributed by atoms with Crippen molar-refractivity contribution in [3.8, 4) is 0 Å². The number of hydrogen-bond donors (Lipinski definition) is 1. The van der Waals surface area contributed by atoms with Crippen molar-refractivity contribution in [1.29, 1.82) is 0 Å². The first-order chi connectivity index (χ1) is 6.41. The first-order valence-corrected chi connectivity index (χ1v) is 6.16. The highest BCUT2D eigenvalue weighted by atomic mass is 15.0. The Morgan fingerprint density at radius 1 is 0.733 bits per heavy atom. The quantitative estimate of drug-likeness (QED) is 0.737. The van der Waals surface area contributed by atoms with Crippen LogP contribution in [0.1, 0.15) is 68.2 Å². The Morgan fingerprint density at radius 2 is 1.20 bits per heavy atom. The van der Waals surface area contributed by atoms with Crippen LogP contribution in [-0.4, -0.2) is 12.1 Å². The van der Waals surface area contributed by atoms with E-state index in [9.17, 15) is 0 Å². The molecule has 0 aliphatic heterocycles. The normalized spacial score (nSPS) is 14.4. The summed E-state index contributed by atoms with van der Waals surface area (Å²) in [5.74, 6) is 0. The van der Waals surface area contributed by atoms with Gasteiger partial charge in [0, 0.05) is 5.54 Å². The SMILES string of the molecule is CC(C)(C)CCNC(C)(C)CC(C)(C)C. The van der Waals surface area contributed by atoms with Crippen molar-refractivity contribution in [3.05, 3.63) is 0 Å². The lowest BCUT2D eigenvalue weighted by Crippen LogP contribution is -2.43. The molecular formula is C14H31N. The molecule has 0 heterocycles. The number of nitrogens with one attached hydrogen (secondary N) is 1. The molecule has 1 heteroatoms. The molecule has 15 heavy (non-hydrogen) atoms. The fourth-order valence-electron chi connectivity index (χ4n) is 2.16. The highest BCUT2D eigenvalue weighted by molar-refractivity contribution is 4.83. The van der Waals surface area contributed by atoms with Gasteiger partial charge in [0.25, 0.3) is 0 Å². The number of rotatable bonds is 4. The Balaban J connectivity index is 3.95. The lowest BCUT2D eigenvalue weighted by atomic mass is 9.81. The molecule has 0 radical (unpaired) electrons. The van der Waals surface area contributed by atoms with Gasteiger partial charge in [-0.3, -0.25) is 0 Å². The summed E-state index contributed by atoms with van der Waals surface area (Å²) in [6.07, 6.45) is 2.45. The maximum absolute atomic E-state index is 3.67. The molecule has 0 aromatic heterocycles. The third-order valence-electron chi connectivity index (χ3n) is 2.45. The van der Waals surface area contributed by atoms with Crippen molar-refractivity contribution in [2.45, 2.75) is 73.8 Å². The summed E-state index contributed by atoms with van der Waals surface area (Å²) in [7, 11) is 0. The van der Waals surface area contributed by atoms with Crippen molar-refractivity contribution < 1.29 is 0 Å². The van der Waals surface area contributed by atoms with Gasteiger partial charge in [-0.15, -0.1) is 0 Å². The van der Waals surface area contributed by atoms with E-state index in [1.807, 2.05) is 0 Å². The monoisotopic (exact) mass is 213 g/mol. The zero-order valence-corrected chi connectivity index (χ0v) is 12.1. The van der Waals surface area contributed by atoms with Crippen molar-refractivity contribution in [2.75, 3.05) is 6.54 Å². The summed E-state index contributed by atoms with van der Waals surface area (Å²) < 4.78 is 0. The van der Waals surface area contributed by atoms with E-state index in [1.54, 1.807) is 0 Å². The second-order valence-corrected chi connectivity index (χ2v) is 7.86. The molecule has 92 valence electrons. The van der Waals surface area contributed by atoms with Gasteiger partial charge in [0.2, 0.25) is 0 Å². The van der Waals surface area contributed by atoms with E-state index < -0.39 is 0 Å². The van der Waals surface area contributed by atoms with Gasteiger partial charge in [-0.05, 0) is 44.1 Å². The van der Waals surface area contributed by atoms with E-state index in [-0.39, 0.29) is 5.54 Å². The lowest BCUT2D eigenvalue weighted by Gasteiger charge is -2.34. The van der Waals surface area contributed by atoms with Crippen molar-refractivity contribution in [3.63, 3.8) is 0 Å². The fourth-order valence-corrected chi connectivity index (χ4v) is 2.16. The van der Waals surface area contributed by atoms with E-state index in [0.717, 1.165) is 6.54 Å². The van der Waals surface area contributed by atoms with E-state index in [2.05, 4.69) is 60.7 Å². The van der Waals surface area contributed by atoms with E-state index >= 15 is 0 Å². The Hall–Kier alpha value is -0.0400. The third kappa shape index (κ3) is 10.2. The molecule has 0 aromatic carbocycles. The van der Waals surface area contributed by atoms with Crippen LogP contribution in [0.5, 0.6) is 0 Å². The van der Waals surface area contributed by atoms with E-state index in [4.69, 9.17) is 0 Å². The average Bonchev–Trinajstić information content (AvgIpc) is 1.75. The summed E-state index contributed by atoms with van der Waals surface area (Å²) in [4.78, 5) is 0. The van der Waals surface area contributed by atoms with Gasteiger partial charge in [0.05, 0.1) is 0 Å². The van der Waals surface area contributed by atoms with Crippen molar-refractivity contribution >= 4 is 0 Å². The summed E-state index contributed by atoms with van der Waals surface area (Å²) in [5.41, 5.74) is 1.09. The van der Waals surface area contributed by atoms with Crippen LogP contribution in [0.15, 0.2) is 0 Å². The smallest absolute Gasteiger partial charge is 0.0130 e. The Labute approximate surface area is 97.0 Å². The highest BCUT2D eigenvalue weighted by Gasteiger charge is 2.25. The van der Waals surface area contributed by atoms with Crippen LogP contribution in [0, 0.1) is 10.8 Å². The van der Waals surface area contributed by atoms with E-state index in [1.165, 1.54) is 12.8 Å². The summed E-state index contributed by atoms with van der Waals surface area (Å²) in [5, 5.41) is 3.67. The second kappa shape index (κ2) is 4.86. The molecular weight excluding hydrogens is 182 g/mol. The van der Waals surface area contributed by atoms with Crippen LogP contribution in [0.4, 0.5) is 0 Å². The van der Waals surface area contributed by atoms with Crippen LogP contribution in [0.25, 0.3) is 0 Å². The molecule has 1 nitrogen and oxygen atoms in total. The largest absolute Gasteiger partial charge is 0.312 e. The Morgan fingerprint density at radius 3 is 1.53 bits per heavy atom. The maximum Gasteiger partial charge on any atom is 0.0130 e. The van der Waals surface area contributed by atoms with Gasteiger partial charge in [0.1, 0.15) is 0 Å². The van der Waals surface area contributed by atoms with Gasteiger partial charge in [-0.2, -0.15) is 0 Å². The predicted octanol–water partition coefficient (Wildman–Crippen LogP) is 4.23. The van der Waals surface area contributed by atoms with Crippen LogP contribution in [0.2, 0.25) is 0 Å². The molecule has 0 spiro atoms. The molecule has 0 fully saturated rings. The first-order valence-electron chi connectivity index (χ1n) is 6.16. The lowest BCUT2D eigenvalue weighted by molar-refractivity contribution is 0.231. The van der Waals surface area contributed by atoms with Crippen LogP contribution in [-0.2, 0) is 0 Å². The van der Waals surface area contributed by atoms with Crippen LogP contribution < -0.4 is 5.32 Å². The van der Waals surface area contributed by atoms with Gasteiger partial charge in [-0.1, -0.05) is 41.5 Å². The standard InChI is InChI=1S/C14H31N/c1-12(2,3)9-10-15-14(7,8)11-13(4,5)6/h15H,9-11H2,1-8H3. The van der Waals surface area contributed by atoms with Crippen molar-refractivity contribution in [2.24, 2.45) is 10.8 Å². The summed E-state index contributed by atoms with van der Waals surface area (Å²) in [6, 6.07) is 0. The molecule has 0 aromatic rings. The van der Waals surface area contributed by atoms with Crippen molar-refractivity contribution in [1.82, 2.24) is 5.32 Å². The second-order valence-electron chi connectivity index (χ2n) is 7.86. The molecule has 0 amide bonds. The molecule has 0 bridgehead atoms. The van der Waals surface area contributed by atoms with Gasteiger partial charge >= 0.3 is 0 Å². The minimum absolute atomic E-state index is 0.253. The molecule has 0 unspecified atom stereocenters. The third-order valence-corrected chi connectivity index (χ3v) is 2.45. The molecule has 0 saturated heterocycles. The zero-order valence-electron chi connectivity index (χ0n) is 12.1. The molecule has 0 atom stereocenters. The zero-order chi connectivity index (χ0) is 12.3. The topological polar surface area (TPSA) is 12.0 Å². The van der Waals surface area contributed by atoms with E-state index in [0.29, 0.717) is 10.8 Å².